The molecule has 19 heavy (non-hydrogen) atoms. The first-order valence-electron chi connectivity index (χ1n) is 5.80. The SMILES string of the molecule is CC(C)(C)OC(=O)NCCn1cc(S(C)(O)O)cn1. The molecule has 0 saturated carbocycles. The Morgan fingerprint density at radius 2 is 2.16 bits per heavy atom. The minimum Gasteiger partial charge on any atom is -0.444 e. The third kappa shape index (κ3) is 5.95. The molecule has 0 saturated heterocycles. The van der Waals surface area contributed by atoms with Crippen LogP contribution in [0.1, 0.15) is 20.8 Å². The fourth-order valence-corrected chi connectivity index (χ4v) is 1.82. The van der Waals surface area contributed by atoms with Crippen molar-refractivity contribution in [3.05, 3.63) is 12.4 Å². The van der Waals surface area contributed by atoms with E-state index in [0.29, 0.717) is 18.0 Å². The number of carbonyl (C=O) groups is 1. The highest BCUT2D eigenvalue weighted by Crippen LogP contribution is 2.43. The van der Waals surface area contributed by atoms with Crippen LogP contribution in [-0.2, 0) is 11.3 Å². The third-order valence-electron chi connectivity index (χ3n) is 2.07. The minimum absolute atomic E-state index is 0.346. The summed E-state index contributed by atoms with van der Waals surface area (Å²) in [6, 6.07) is 0. The summed E-state index contributed by atoms with van der Waals surface area (Å²) in [5, 5.41) is 6.57. The molecule has 1 amide bonds. The van der Waals surface area contributed by atoms with Crippen molar-refractivity contribution in [2.24, 2.45) is 0 Å². The van der Waals surface area contributed by atoms with Crippen LogP contribution in [0.2, 0.25) is 0 Å². The van der Waals surface area contributed by atoms with Crippen LogP contribution in [0.5, 0.6) is 0 Å². The topological polar surface area (TPSA) is 96.6 Å². The molecule has 0 aliphatic rings. The molecule has 0 bridgehead atoms. The van der Waals surface area contributed by atoms with E-state index < -0.39 is 22.3 Å². The molecule has 1 aromatic rings. The molecule has 0 aliphatic carbocycles. The van der Waals surface area contributed by atoms with Crippen LogP contribution in [0, 0.1) is 0 Å². The molecule has 0 unspecified atom stereocenters. The predicted octanol–water partition coefficient (Wildman–Crippen LogP) is 2.15. The average molecular weight is 291 g/mol. The molecule has 3 N–H and O–H groups in total. The first-order chi connectivity index (χ1) is 8.58. The second-order valence-corrected chi connectivity index (χ2v) is 7.34. The zero-order valence-electron chi connectivity index (χ0n) is 11.6. The first-order valence-corrected chi connectivity index (χ1v) is 7.76. The van der Waals surface area contributed by atoms with Crippen molar-refractivity contribution in [1.82, 2.24) is 15.1 Å². The highest BCUT2D eigenvalue weighted by Gasteiger charge is 2.15. The number of rotatable bonds is 4. The Balaban J connectivity index is 2.38. The molecule has 8 heteroatoms. The van der Waals surface area contributed by atoms with Crippen molar-refractivity contribution in [3.8, 4) is 0 Å². The summed E-state index contributed by atoms with van der Waals surface area (Å²) in [6.07, 6.45) is 3.81. The molecular formula is C11H21N3O4S. The van der Waals surface area contributed by atoms with Gasteiger partial charge in [-0.2, -0.15) is 15.7 Å². The Labute approximate surface area is 114 Å². The van der Waals surface area contributed by atoms with E-state index in [2.05, 4.69) is 10.4 Å². The van der Waals surface area contributed by atoms with E-state index >= 15 is 0 Å². The Hall–Kier alpha value is -1.25. The van der Waals surface area contributed by atoms with Crippen molar-refractivity contribution in [1.29, 1.82) is 0 Å². The normalized spacial score (nSPS) is 13.2. The number of nitrogens with one attached hydrogen (secondary N) is 1. The number of ether oxygens (including phenoxy) is 1. The summed E-state index contributed by atoms with van der Waals surface area (Å²) in [4.78, 5) is 11.8. The zero-order chi connectivity index (χ0) is 14.7. The summed E-state index contributed by atoms with van der Waals surface area (Å²) >= 11 is 0. The van der Waals surface area contributed by atoms with Gasteiger partial charge in [-0.05, 0) is 20.8 Å². The fourth-order valence-electron chi connectivity index (χ4n) is 1.25. The average Bonchev–Trinajstić information content (AvgIpc) is 2.62. The molecular weight excluding hydrogens is 270 g/mol. The number of aromatic nitrogens is 2. The maximum atomic E-state index is 11.4. The highest BCUT2D eigenvalue weighted by molar-refractivity contribution is 8.23. The summed E-state index contributed by atoms with van der Waals surface area (Å²) in [6.45, 7) is 6.14. The highest BCUT2D eigenvalue weighted by atomic mass is 32.3. The van der Waals surface area contributed by atoms with Gasteiger partial charge in [0.05, 0.1) is 17.6 Å². The van der Waals surface area contributed by atoms with Crippen LogP contribution in [-0.4, -0.2) is 43.4 Å². The van der Waals surface area contributed by atoms with E-state index in [-0.39, 0.29) is 0 Å². The quantitative estimate of drug-likeness (QED) is 0.789. The van der Waals surface area contributed by atoms with Crippen LogP contribution in [0.25, 0.3) is 0 Å². The van der Waals surface area contributed by atoms with Gasteiger partial charge in [-0.15, -0.1) is 0 Å². The second kappa shape index (κ2) is 5.81. The summed E-state index contributed by atoms with van der Waals surface area (Å²) in [5.41, 5.74) is -0.526. The first kappa shape index (κ1) is 15.8. The molecule has 1 rings (SSSR count). The molecule has 1 aromatic heterocycles. The smallest absolute Gasteiger partial charge is 0.407 e. The standard InChI is InChI=1S/C11H21N3O4S/c1-11(2,3)18-10(15)12-5-6-14-8-9(7-13-14)19(4,16)17/h7-8,16-17H,5-6H2,1-4H3,(H,12,15). The number of amides is 1. The van der Waals surface area contributed by atoms with E-state index in [1.54, 1.807) is 27.0 Å². The van der Waals surface area contributed by atoms with Crippen LogP contribution in [0.15, 0.2) is 17.3 Å². The lowest BCUT2D eigenvalue weighted by Crippen LogP contribution is -2.34. The third-order valence-corrected chi connectivity index (χ3v) is 3.17. The van der Waals surface area contributed by atoms with E-state index in [1.807, 2.05) is 0 Å². The Morgan fingerprint density at radius 3 is 2.63 bits per heavy atom. The van der Waals surface area contributed by atoms with Crippen LogP contribution >= 0.6 is 10.6 Å². The molecule has 110 valence electrons. The largest absolute Gasteiger partial charge is 0.444 e. The van der Waals surface area contributed by atoms with Crippen LogP contribution in [0.4, 0.5) is 4.79 Å². The minimum atomic E-state index is -2.74. The van der Waals surface area contributed by atoms with Gasteiger partial charge in [-0.3, -0.25) is 13.8 Å². The van der Waals surface area contributed by atoms with E-state index in [4.69, 9.17) is 4.74 Å². The van der Waals surface area contributed by atoms with Gasteiger partial charge >= 0.3 is 6.09 Å². The lowest BCUT2D eigenvalue weighted by molar-refractivity contribution is 0.0525. The zero-order valence-corrected chi connectivity index (χ0v) is 12.4. The molecule has 1 heterocycles. The van der Waals surface area contributed by atoms with Crippen molar-refractivity contribution in [3.63, 3.8) is 0 Å². The van der Waals surface area contributed by atoms with Gasteiger partial charge in [-0.25, -0.2) is 4.79 Å². The second-order valence-electron chi connectivity index (χ2n) is 5.20. The van der Waals surface area contributed by atoms with E-state index in [1.165, 1.54) is 17.1 Å². The molecule has 0 atom stereocenters. The maximum absolute atomic E-state index is 11.4. The Kier molecular flexibility index (Phi) is 4.83. The van der Waals surface area contributed by atoms with Gasteiger partial charge in [0.15, 0.2) is 0 Å². The number of nitrogens with zero attached hydrogens (tertiary/aromatic N) is 2. The number of alkyl carbamates (subject to hydrolysis) is 1. The summed E-state index contributed by atoms with van der Waals surface area (Å²) < 4.78 is 25.5. The fraction of sp³-hybridized carbons (Fsp3) is 0.636. The lowest BCUT2D eigenvalue weighted by Gasteiger charge is -2.24. The van der Waals surface area contributed by atoms with Crippen molar-refractivity contribution in [2.45, 2.75) is 37.8 Å². The Bertz CT molecular complexity index is 434. The number of carbonyl (C=O) groups excluding carboxylic acids is 1. The molecule has 0 spiro atoms. The molecule has 0 aliphatic heterocycles. The van der Waals surface area contributed by atoms with Crippen molar-refractivity contribution in [2.75, 3.05) is 12.8 Å². The summed E-state index contributed by atoms with van der Waals surface area (Å²) in [5.74, 6) is 0. The van der Waals surface area contributed by atoms with Gasteiger partial charge in [-0.1, -0.05) is 0 Å². The Morgan fingerprint density at radius 1 is 1.53 bits per heavy atom. The van der Waals surface area contributed by atoms with E-state index in [0.717, 1.165) is 0 Å². The maximum Gasteiger partial charge on any atom is 0.407 e. The van der Waals surface area contributed by atoms with Gasteiger partial charge in [0.1, 0.15) is 5.60 Å². The summed E-state index contributed by atoms with van der Waals surface area (Å²) in [7, 11) is -2.74. The van der Waals surface area contributed by atoms with Crippen molar-refractivity contribution >= 4 is 16.7 Å². The number of hydrogen-bond acceptors (Lipinski definition) is 5. The molecule has 7 nitrogen and oxygen atoms in total. The number of hydrogen-bond donors (Lipinski definition) is 3. The molecule has 0 aromatic carbocycles. The monoisotopic (exact) mass is 291 g/mol. The van der Waals surface area contributed by atoms with E-state index in [9.17, 15) is 13.9 Å². The molecule has 0 fully saturated rings. The predicted molar refractivity (Wildman–Crippen MR) is 73.5 cm³/mol. The lowest BCUT2D eigenvalue weighted by atomic mass is 10.2. The van der Waals surface area contributed by atoms with Crippen LogP contribution in [0.3, 0.4) is 0 Å². The van der Waals surface area contributed by atoms with Gasteiger partial charge in [0, 0.05) is 19.0 Å². The van der Waals surface area contributed by atoms with Gasteiger partial charge < -0.3 is 10.1 Å². The van der Waals surface area contributed by atoms with Gasteiger partial charge in [0.25, 0.3) is 0 Å². The van der Waals surface area contributed by atoms with Gasteiger partial charge in [0.2, 0.25) is 0 Å². The van der Waals surface area contributed by atoms with Crippen molar-refractivity contribution < 1.29 is 18.6 Å². The molecule has 0 radical (unpaired) electrons. The van der Waals surface area contributed by atoms with Crippen LogP contribution < -0.4 is 5.32 Å².